The summed E-state index contributed by atoms with van der Waals surface area (Å²) in [4.78, 5) is 2.62. The van der Waals surface area contributed by atoms with E-state index in [1.165, 1.54) is 44.9 Å². The number of piperidine rings is 1. The number of ether oxygens (including phenoxy) is 1. The van der Waals surface area contributed by atoms with E-state index in [0.29, 0.717) is 6.04 Å². The molecule has 1 saturated carbocycles. The van der Waals surface area contributed by atoms with Crippen LogP contribution in [0.15, 0.2) is 0 Å². The minimum Gasteiger partial charge on any atom is -0.393 e. The van der Waals surface area contributed by atoms with Crippen LogP contribution >= 0.6 is 0 Å². The van der Waals surface area contributed by atoms with Crippen LogP contribution in [0.4, 0.5) is 0 Å². The minimum absolute atomic E-state index is 0.0512. The standard InChI is InChI=1S/C15H27NO2/c17-14-4-9-16(10-5-14)13-6-11-18-15(12-13)7-2-1-3-8-15/h13-14,17H,1-12H2. The highest BCUT2D eigenvalue weighted by Gasteiger charge is 2.40. The van der Waals surface area contributed by atoms with Crippen LogP contribution in [0.5, 0.6) is 0 Å². The van der Waals surface area contributed by atoms with Crippen LogP contribution in [0, 0.1) is 0 Å². The van der Waals surface area contributed by atoms with E-state index >= 15 is 0 Å². The second-order valence-electron chi connectivity index (χ2n) is 6.51. The van der Waals surface area contributed by atoms with Crippen LogP contribution in [-0.4, -0.2) is 47.4 Å². The predicted octanol–water partition coefficient (Wildman–Crippen LogP) is 2.33. The van der Waals surface area contributed by atoms with Crippen molar-refractivity contribution in [3.05, 3.63) is 0 Å². The Balaban J connectivity index is 1.59. The lowest BCUT2D eigenvalue weighted by Gasteiger charge is -2.47. The summed E-state index contributed by atoms with van der Waals surface area (Å²) in [6, 6.07) is 0.712. The first-order chi connectivity index (χ1) is 8.77. The van der Waals surface area contributed by atoms with E-state index < -0.39 is 0 Å². The fourth-order valence-corrected chi connectivity index (χ4v) is 4.11. The molecule has 1 aliphatic carbocycles. The zero-order valence-electron chi connectivity index (χ0n) is 11.4. The van der Waals surface area contributed by atoms with Gasteiger partial charge in [-0.25, -0.2) is 0 Å². The van der Waals surface area contributed by atoms with Gasteiger partial charge >= 0.3 is 0 Å². The van der Waals surface area contributed by atoms with Gasteiger partial charge in [0.1, 0.15) is 0 Å². The molecule has 0 radical (unpaired) electrons. The lowest BCUT2D eigenvalue weighted by atomic mass is 9.77. The van der Waals surface area contributed by atoms with Gasteiger partial charge in [-0.3, -0.25) is 4.90 Å². The van der Waals surface area contributed by atoms with E-state index in [9.17, 15) is 5.11 Å². The first-order valence-corrected chi connectivity index (χ1v) is 7.84. The van der Waals surface area contributed by atoms with E-state index in [2.05, 4.69) is 4.90 Å². The van der Waals surface area contributed by atoms with Crippen molar-refractivity contribution < 1.29 is 9.84 Å². The molecule has 0 aromatic carbocycles. The summed E-state index contributed by atoms with van der Waals surface area (Å²) in [7, 11) is 0. The van der Waals surface area contributed by atoms with Crippen molar-refractivity contribution in [2.75, 3.05) is 19.7 Å². The zero-order chi connectivity index (χ0) is 12.4. The normalized spacial score (nSPS) is 34.8. The monoisotopic (exact) mass is 253 g/mol. The van der Waals surface area contributed by atoms with Gasteiger partial charge in [0.05, 0.1) is 11.7 Å². The summed E-state index contributed by atoms with van der Waals surface area (Å²) in [6.45, 7) is 3.12. The SMILES string of the molecule is OC1CCN(C2CCOC3(CCCCC3)C2)CC1. The van der Waals surface area contributed by atoms with Crippen molar-refractivity contribution >= 4 is 0 Å². The smallest absolute Gasteiger partial charge is 0.0697 e. The predicted molar refractivity (Wildman–Crippen MR) is 71.6 cm³/mol. The molecule has 1 unspecified atom stereocenters. The molecule has 3 nitrogen and oxygen atoms in total. The van der Waals surface area contributed by atoms with E-state index in [-0.39, 0.29) is 11.7 Å². The number of rotatable bonds is 1. The van der Waals surface area contributed by atoms with Crippen LogP contribution < -0.4 is 0 Å². The van der Waals surface area contributed by atoms with Crippen LogP contribution in [0.3, 0.4) is 0 Å². The van der Waals surface area contributed by atoms with Gasteiger partial charge in [-0.15, -0.1) is 0 Å². The first kappa shape index (κ1) is 12.9. The molecule has 0 bridgehead atoms. The maximum atomic E-state index is 9.62. The van der Waals surface area contributed by atoms with Crippen molar-refractivity contribution in [3.8, 4) is 0 Å². The summed E-state index contributed by atoms with van der Waals surface area (Å²) in [5.41, 5.74) is 0.219. The van der Waals surface area contributed by atoms with Gasteiger partial charge in [-0.2, -0.15) is 0 Å². The number of nitrogens with zero attached hydrogens (tertiary/aromatic N) is 1. The highest BCUT2D eigenvalue weighted by molar-refractivity contribution is 4.93. The number of hydrogen-bond acceptors (Lipinski definition) is 3. The minimum atomic E-state index is -0.0512. The molecule has 0 aromatic rings. The molecule has 3 heteroatoms. The molecule has 2 aliphatic heterocycles. The molecule has 104 valence electrons. The topological polar surface area (TPSA) is 32.7 Å². The molecule has 0 aromatic heterocycles. The summed E-state index contributed by atoms with van der Waals surface area (Å²) < 4.78 is 6.17. The van der Waals surface area contributed by atoms with Gasteiger partial charge in [0.15, 0.2) is 0 Å². The Hall–Kier alpha value is -0.120. The van der Waals surface area contributed by atoms with Gasteiger partial charge in [-0.1, -0.05) is 19.3 Å². The van der Waals surface area contributed by atoms with Gasteiger partial charge < -0.3 is 9.84 Å². The lowest BCUT2D eigenvalue weighted by molar-refractivity contribution is -0.127. The summed E-state index contributed by atoms with van der Waals surface area (Å²) >= 11 is 0. The molecule has 3 fully saturated rings. The van der Waals surface area contributed by atoms with Crippen LogP contribution in [0.2, 0.25) is 0 Å². The lowest BCUT2D eigenvalue weighted by Crippen LogP contribution is -2.51. The summed E-state index contributed by atoms with van der Waals surface area (Å²) in [5.74, 6) is 0. The number of aliphatic hydroxyl groups excluding tert-OH is 1. The average molecular weight is 253 g/mol. The van der Waals surface area contributed by atoms with E-state index in [1.807, 2.05) is 0 Å². The van der Waals surface area contributed by atoms with E-state index in [1.54, 1.807) is 0 Å². The van der Waals surface area contributed by atoms with E-state index in [4.69, 9.17) is 4.74 Å². The van der Waals surface area contributed by atoms with Crippen molar-refractivity contribution in [2.45, 2.75) is 75.5 Å². The average Bonchev–Trinajstić information content (AvgIpc) is 2.40. The van der Waals surface area contributed by atoms with E-state index in [0.717, 1.165) is 32.5 Å². The quantitative estimate of drug-likeness (QED) is 0.778. The van der Waals surface area contributed by atoms with Crippen molar-refractivity contribution in [2.24, 2.45) is 0 Å². The van der Waals surface area contributed by atoms with Crippen molar-refractivity contribution in [1.29, 1.82) is 0 Å². The van der Waals surface area contributed by atoms with Gasteiger partial charge in [0, 0.05) is 25.7 Å². The summed E-state index contributed by atoms with van der Waals surface area (Å²) in [5, 5.41) is 9.62. The molecule has 18 heavy (non-hydrogen) atoms. The molecule has 3 rings (SSSR count). The number of hydrogen-bond donors (Lipinski definition) is 1. The molecular weight excluding hydrogens is 226 g/mol. The van der Waals surface area contributed by atoms with Gasteiger partial charge in [-0.05, 0) is 38.5 Å². The molecule has 1 atom stereocenters. The Bertz CT molecular complexity index is 262. The second-order valence-corrected chi connectivity index (χ2v) is 6.51. The fraction of sp³-hybridized carbons (Fsp3) is 1.00. The molecule has 1 N–H and O–H groups in total. The van der Waals surface area contributed by atoms with Crippen LogP contribution in [-0.2, 0) is 4.74 Å². The second kappa shape index (κ2) is 5.48. The molecule has 0 amide bonds. The highest BCUT2D eigenvalue weighted by atomic mass is 16.5. The third-order valence-corrected chi connectivity index (χ3v) is 5.25. The number of aliphatic hydroxyl groups is 1. The highest BCUT2D eigenvalue weighted by Crippen LogP contribution is 2.40. The first-order valence-electron chi connectivity index (χ1n) is 7.84. The third kappa shape index (κ3) is 2.73. The zero-order valence-corrected chi connectivity index (χ0v) is 11.4. The fourth-order valence-electron chi connectivity index (χ4n) is 4.11. The van der Waals surface area contributed by atoms with Crippen molar-refractivity contribution in [1.82, 2.24) is 4.90 Å². The molecule has 1 spiro atoms. The van der Waals surface area contributed by atoms with Gasteiger partial charge in [0.25, 0.3) is 0 Å². The van der Waals surface area contributed by atoms with Crippen molar-refractivity contribution in [3.63, 3.8) is 0 Å². The Kier molecular flexibility index (Phi) is 3.92. The van der Waals surface area contributed by atoms with Crippen LogP contribution in [0.25, 0.3) is 0 Å². The van der Waals surface area contributed by atoms with Crippen LogP contribution in [0.1, 0.15) is 57.8 Å². The molecule has 2 saturated heterocycles. The van der Waals surface area contributed by atoms with Gasteiger partial charge in [0.2, 0.25) is 0 Å². The Morgan fingerprint density at radius 2 is 1.72 bits per heavy atom. The molecule has 3 aliphatic rings. The molecule has 2 heterocycles. The third-order valence-electron chi connectivity index (χ3n) is 5.25. The summed E-state index contributed by atoms with van der Waals surface area (Å²) in [6.07, 6.45) is 11.0. The Morgan fingerprint density at radius 1 is 1.00 bits per heavy atom. The number of likely N-dealkylation sites (tertiary alicyclic amines) is 1. The largest absolute Gasteiger partial charge is 0.393 e. The maximum Gasteiger partial charge on any atom is 0.0697 e. The molecular formula is C15H27NO2. The Morgan fingerprint density at radius 3 is 2.44 bits per heavy atom. The Labute approximate surface area is 110 Å². The maximum absolute atomic E-state index is 9.62.